The molecule has 5 N–H and O–H groups in total. The normalized spacial score (nSPS) is 18.9. The molecule has 0 bridgehead atoms. The number of rotatable bonds is 5. The number of thiazole rings is 1. The van der Waals surface area contributed by atoms with Gasteiger partial charge in [0.25, 0.3) is 5.19 Å². The van der Waals surface area contributed by atoms with E-state index in [4.69, 9.17) is 16.4 Å². The Labute approximate surface area is 186 Å². The maximum absolute atomic E-state index is 11.9. The number of allylic oxidation sites excluding steroid dienone is 4. The summed E-state index contributed by atoms with van der Waals surface area (Å²) >= 11 is 4.80. The van der Waals surface area contributed by atoms with E-state index in [2.05, 4.69) is 27.0 Å². The van der Waals surface area contributed by atoms with Crippen molar-refractivity contribution in [2.24, 2.45) is 11.7 Å². The fraction of sp³-hybridized carbons (Fsp3) is 0.150. The SMILES string of the molecule is N#C/C1=C/C=C\C(N(N)C(=O)NN)=C(\COc2nc(-c3ccc(Br)cc3)cs2)CC1. The first-order valence-corrected chi connectivity index (χ1v) is 10.6. The number of amides is 2. The number of benzene rings is 1. The van der Waals surface area contributed by atoms with Gasteiger partial charge in [-0.25, -0.2) is 26.5 Å². The van der Waals surface area contributed by atoms with Crippen LogP contribution in [-0.2, 0) is 0 Å². The predicted molar refractivity (Wildman–Crippen MR) is 119 cm³/mol. The molecule has 0 aliphatic heterocycles. The van der Waals surface area contributed by atoms with Gasteiger partial charge < -0.3 is 4.74 Å². The number of carbonyl (C=O) groups is 1. The van der Waals surface area contributed by atoms with Gasteiger partial charge in [-0.05, 0) is 42.7 Å². The zero-order chi connectivity index (χ0) is 21.5. The highest BCUT2D eigenvalue weighted by Gasteiger charge is 2.18. The number of hydrazine groups is 2. The standard InChI is InChI=1S/C20H19BrN6O2S/c21-16-8-6-14(7-9-16)17-12-30-20(25-17)29-11-15-5-4-13(10-22)2-1-3-18(15)27(24)19(28)26-23/h1-3,6-9,12H,4-5,11,23-24H2,(H,26,28)/b3-1-,13-2+,18-15-. The number of nitrogens with zero attached hydrogens (tertiary/aromatic N) is 3. The van der Waals surface area contributed by atoms with E-state index < -0.39 is 6.03 Å². The topological polar surface area (TPSA) is 130 Å². The second kappa shape index (κ2) is 10.2. The Morgan fingerprint density at radius 1 is 1.37 bits per heavy atom. The number of carbonyl (C=O) groups excluding carboxylic acids is 1. The highest BCUT2D eigenvalue weighted by atomic mass is 79.9. The van der Waals surface area contributed by atoms with Crippen LogP contribution < -0.4 is 21.8 Å². The molecule has 8 nitrogen and oxygen atoms in total. The van der Waals surface area contributed by atoms with Crippen LogP contribution in [0.4, 0.5) is 4.79 Å². The van der Waals surface area contributed by atoms with Gasteiger partial charge in [-0.1, -0.05) is 45.5 Å². The molecule has 1 aliphatic carbocycles. The lowest BCUT2D eigenvalue weighted by molar-refractivity contribution is 0.212. The van der Waals surface area contributed by atoms with E-state index in [0.29, 0.717) is 29.3 Å². The van der Waals surface area contributed by atoms with E-state index in [1.54, 1.807) is 18.2 Å². The molecule has 154 valence electrons. The van der Waals surface area contributed by atoms with Crippen LogP contribution in [0.1, 0.15) is 12.8 Å². The van der Waals surface area contributed by atoms with E-state index in [1.165, 1.54) is 11.3 Å². The first kappa shape index (κ1) is 21.7. The quantitative estimate of drug-likeness (QED) is 0.335. The van der Waals surface area contributed by atoms with Crippen LogP contribution in [-0.4, -0.2) is 22.6 Å². The van der Waals surface area contributed by atoms with Crippen molar-refractivity contribution in [1.29, 1.82) is 5.26 Å². The van der Waals surface area contributed by atoms with E-state index in [-0.39, 0.29) is 6.61 Å². The molecule has 0 unspecified atom stereocenters. The second-order valence-electron chi connectivity index (χ2n) is 6.27. The van der Waals surface area contributed by atoms with Crippen LogP contribution in [0.3, 0.4) is 0 Å². The van der Waals surface area contributed by atoms with Gasteiger partial charge in [-0.3, -0.25) is 5.43 Å². The fourth-order valence-corrected chi connectivity index (χ4v) is 3.71. The summed E-state index contributed by atoms with van der Waals surface area (Å²) in [6.07, 6.45) is 6.01. The second-order valence-corrected chi connectivity index (χ2v) is 8.00. The minimum Gasteiger partial charge on any atom is -0.465 e. The lowest BCUT2D eigenvalue weighted by Gasteiger charge is -2.22. The first-order valence-electron chi connectivity index (χ1n) is 8.91. The number of halogens is 1. The summed E-state index contributed by atoms with van der Waals surface area (Å²) in [5.41, 5.74) is 5.63. The Morgan fingerprint density at radius 2 is 2.13 bits per heavy atom. The number of hydrogen-bond donors (Lipinski definition) is 3. The number of ether oxygens (including phenoxy) is 1. The van der Waals surface area contributed by atoms with E-state index >= 15 is 0 Å². The van der Waals surface area contributed by atoms with Gasteiger partial charge in [0.15, 0.2) is 0 Å². The molecule has 0 atom stereocenters. The van der Waals surface area contributed by atoms with Crippen LogP contribution in [0.5, 0.6) is 5.19 Å². The molecular weight excluding hydrogens is 468 g/mol. The number of nitrogens with two attached hydrogens (primary N) is 2. The summed E-state index contributed by atoms with van der Waals surface area (Å²) in [5, 5.41) is 12.5. The Kier molecular flexibility index (Phi) is 7.37. The van der Waals surface area contributed by atoms with E-state index in [9.17, 15) is 10.1 Å². The third kappa shape index (κ3) is 5.34. The largest absolute Gasteiger partial charge is 0.465 e. The van der Waals surface area contributed by atoms with Crippen molar-refractivity contribution in [2.75, 3.05) is 6.61 Å². The molecule has 0 spiro atoms. The molecule has 0 radical (unpaired) electrons. The first-order chi connectivity index (χ1) is 14.5. The van der Waals surface area contributed by atoms with Gasteiger partial charge in [0.2, 0.25) is 0 Å². The third-order valence-electron chi connectivity index (χ3n) is 4.35. The van der Waals surface area contributed by atoms with Crippen molar-refractivity contribution in [3.63, 3.8) is 0 Å². The zero-order valence-electron chi connectivity index (χ0n) is 15.8. The van der Waals surface area contributed by atoms with Crippen molar-refractivity contribution in [1.82, 2.24) is 15.4 Å². The van der Waals surface area contributed by atoms with Crippen molar-refractivity contribution in [3.05, 3.63) is 69.2 Å². The minimum absolute atomic E-state index is 0.164. The molecule has 10 heteroatoms. The molecule has 1 aliphatic rings. The Hall–Kier alpha value is -2.97. The summed E-state index contributed by atoms with van der Waals surface area (Å²) in [6.45, 7) is 0.164. The van der Waals surface area contributed by atoms with Crippen LogP contribution in [0, 0.1) is 11.3 Å². The Bertz CT molecular complexity index is 1050. The molecule has 30 heavy (non-hydrogen) atoms. The molecule has 3 rings (SSSR count). The predicted octanol–water partition coefficient (Wildman–Crippen LogP) is 3.76. The molecule has 2 aromatic rings. The van der Waals surface area contributed by atoms with Gasteiger partial charge in [0, 0.05) is 21.0 Å². The monoisotopic (exact) mass is 486 g/mol. The molecule has 0 saturated heterocycles. The van der Waals surface area contributed by atoms with Gasteiger partial charge in [0.1, 0.15) is 6.61 Å². The van der Waals surface area contributed by atoms with Gasteiger partial charge in [0.05, 0.1) is 17.5 Å². The zero-order valence-corrected chi connectivity index (χ0v) is 18.2. The van der Waals surface area contributed by atoms with Crippen LogP contribution in [0.25, 0.3) is 11.3 Å². The van der Waals surface area contributed by atoms with Crippen LogP contribution >= 0.6 is 27.3 Å². The summed E-state index contributed by atoms with van der Waals surface area (Å²) < 4.78 is 6.88. The highest BCUT2D eigenvalue weighted by Crippen LogP contribution is 2.29. The maximum atomic E-state index is 11.9. The number of hydrogen-bond acceptors (Lipinski definition) is 7. The number of nitriles is 1. The summed E-state index contributed by atoms with van der Waals surface area (Å²) in [7, 11) is 0. The summed E-state index contributed by atoms with van der Waals surface area (Å²) in [4.78, 5) is 16.4. The fourth-order valence-electron chi connectivity index (χ4n) is 2.76. The lowest BCUT2D eigenvalue weighted by Crippen LogP contribution is -2.47. The molecule has 1 aromatic heterocycles. The van der Waals surface area contributed by atoms with Gasteiger partial charge >= 0.3 is 6.03 Å². The maximum Gasteiger partial charge on any atom is 0.350 e. The number of urea groups is 1. The van der Waals surface area contributed by atoms with Crippen molar-refractivity contribution < 1.29 is 9.53 Å². The lowest BCUT2D eigenvalue weighted by atomic mass is 10.0. The van der Waals surface area contributed by atoms with E-state index in [0.717, 1.165) is 26.3 Å². The molecule has 1 aromatic carbocycles. The average molecular weight is 487 g/mol. The van der Waals surface area contributed by atoms with Crippen molar-refractivity contribution in [3.8, 4) is 22.5 Å². The smallest absolute Gasteiger partial charge is 0.350 e. The van der Waals surface area contributed by atoms with Crippen LogP contribution in [0.2, 0.25) is 0 Å². The summed E-state index contributed by atoms with van der Waals surface area (Å²) in [6, 6.07) is 9.33. The molecule has 2 amide bonds. The Balaban J connectivity index is 1.80. The molecule has 0 fully saturated rings. The minimum atomic E-state index is -0.663. The van der Waals surface area contributed by atoms with Gasteiger partial charge in [-0.2, -0.15) is 5.26 Å². The van der Waals surface area contributed by atoms with E-state index in [1.807, 2.05) is 35.1 Å². The molecular formula is C20H19BrN6O2S. The van der Waals surface area contributed by atoms with Crippen LogP contribution in [0.15, 0.2) is 69.2 Å². The van der Waals surface area contributed by atoms with Gasteiger partial charge in [-0.15, -0.1) is 0 Å². The Morgan fingerprint density at radius 3 is 2.83 bits per heavy atom. The average Bonchev–Trinajstić information content (AvgIpc) is 3.22. The third-order valence-corrected chi connectivity index (χ3v) is 5.63. The number of aromatic nitrogens is 1. The highest BCUT2D eigenvalue weighted by molar-refractivity contribution is 9.10. The molecule has 0 saturated carbocycles. The van der Waals surface area contributed by atoms with Crippen molar-refractivity contribution >= 4 is 33.3 Å². The van der Waals surface area contributed by atoms with Crippen molar-refractivity contribution in [2.45, 2.75) is 12.8 Å². The molecule has 1 heterocycles. The summed E-state index contributed by atoms with van der Waals surface area (Å²) in [5.74, 6) is 11.1. The number of nitrogens with one attached hydrogen (secondary N) is 1.